The number of benzene rings is 2. The summed E-state index contributed by atoms with van der Waals surface area (Å²) in [5.41, 5.74) is 1.40. The molecule has 0 saturated carbocycles. The summed E-state index contributed by atoms with van der Waals surface area (Å²) in [5, 5.41) is -0.0328. The average Bonchev–Trinajstić information content (AvgIpc) is 2.79. The monoisotopic (exact) mass is 410 g/mol. The third-order valence-electron chi connectivity index (χ3n) is 5.15. The number of nitrogens with one attached hydrogen (secondary N) is 1. The molecule has 4 rings (SSSR count). The van der Waals surface area contributed by atoms with E-state index in [1.165, 1.54) is 12.1 Å². The van der Waals surface area contributed by atoms with Crippen molar-refractivity contribution in [3.8, 4) is 16.9 Å². The van der Waals surface area contributed by atoms with Crippen LogP contribution in [-0.4, -0.2) is 48.7 Å². The molecule has 0 atom stereocenters. The molecule has 3 aromatic rings. The number of hydrogen-bond acceptors (Lipinski definition) is 4. The van der Waals surface area contributed by atoms with Crippen LogP contribution < -0.4 is 10.2 Å². The average molecular weight is 410 g/mol. The minimum absolute atomic E-state index is 0.0328. The number of pyridine rings is 1. The lowest BCUT2D eigenvalue weighted by atomic mass is 10.0. The second-order valence-corrected chi connectivity index (χ2v) is 7.16. The van der Waals surface area contributed by atoms with Crippen molar-refractivity contribution in [3.05, 3.63) is 64.2 Å². The van der Waals surface area contributed by atoms with E-state index in [9.17, 15) is 14.0 Å². The second kappa shape index (κ2) is 8.67. The minimum atomic E-state index is -0.601. The molecule has 30 heavy (non-hydrogen) atoms. The van der Waals surface area contributed by atoms with Gasteiger partial charge in [0.15, 0.2) is 5.43 Å². The number of ether oxygens (including phenoxy) is 2. The Kier molecular flexibility index (Phi) is 5.81. The number of nitrogens with zero attached hydrogens (tertiary/aromatic N) is 1. The fourth-order valence-electron chi connectivity index (χ4n) is 3.56. The van der Waals surface area contributed by atoms with E-state index in [1.54, 1.807) is 35.4 Å². The zero-order chi connectivity index (χ0) is 21.1. The van der Waals surface area contributed by atoms with Gasteiger partial charge < -0.3 is 19.4 Å². The number of amides is 1. The number of hydrogen-bond donors (Lipinski definition) is 1. The summed E-state index contributed by atoms with van der Waals surface area (Å²) in [4.78, 5) is 30.4. The van der Waals surface area contributed by atoms with Crippen LogP contribution in [0.5, 0.6) is 5.75 Å². The molecule has 0 aliphatic carbocycles. The number of aromatic nitrogens is 1. The molecule has 0 bridgehead atoms. The van der Waals surface area contributed by atoms with E-state index >= 15 is 0 Å². The third kappa shape index (κ3) is 3.80. The van der Waals surface area contributed by atoms with E-state index in [4.69, 9.17) is 9.47 Å². The maximum absolute atomic E-state index is 14.5. The molecule has 1 aromatic heterocycles. The maximum atomic E-state index is 14.5. The van der Waals surface area contributed by atoms with Crippen molar-refractivity contribution < 1.29 is 18.7 Å². The SMILES string of the molecule is CCCOc1ccc(F)c2c(=O)c(-c3ccc(C(=O)N4CCOCC4)cc3)c[nH]c12. The highest BCUT2D eigenvalue weighted by Gasteiger charge is 2.19. The Bertz CT molecular complexity index is 1120. The molecule has 1 aliphatic rings. The van der Waals surface area contributed by atoms with Crippen LogP contribution in [0.15, 0.2) is 47.4 Å². The summed E-state index contributed by atoms with van der Waals surface area (Å²) < 4.78 is 25.4. The Balaban J connectivity index is 1.68. The van der Waals surface area contributed by atoms with Gasteiger partial charge in [-0.15, -0.1) is 0 Å². The first-order chi connectivity index (χ1) is 14.6. The fourth-order valence-corrected chi connectivity index (χ4v) is 3.56. The first-order valence-corrected chi connectivity index (χ1v) is 10.0. The van der Waals surface area contributed by atoms with Crippen molar-refractivity contribution in [1.29, 1.82) is 0 Å². The number of rotatable bonds is 5. The predicted octanol–water partition coefficient (Wildman–Crippen LogP) is 3.60. The van der Waals surface area contributed by atoms with Crippen molar-refractivity contribution in [2.75, 3.05) is 32.9 Å². The molecule has 2 heterocycles. The highest BCUT2D eigenvalue weighted by molar-refractivity contribution is 5.95. The van der Waals surface area contributed by atoms with E-state index in [-0.39, 0.29) is 11.3 Å². The number of carbonyl (C=O) groups is 1. The molecule has 2 aromatic carbocycles. The summed E-state index contributed by atoms with van der Waals surface area (Å²) >= 11 is 0. The topological polar surface area (TPSA) is 71.6 Å². The predicted molar refractivity (Wildman–Crippen MR) is 112 cm³/mol. The van der Waals surface area contributed by atoms with Crippen LogP contribution in [0.25, 0.3) is 22.0 Å². The molecular formula is C23H23FN2O4. The molecule has 1 amide bonds. The standard InChI is InChI=1S/C23H23FN2O4/c1-2-11-30-19-8-7-18(24)20-21(19)25-14-17(22(20)27)15-3-5-16(6-4-15)23(28)26-9-12-29-13-10-26/h3-8,14H,2,9-13H2,1H3,(H,25,27). The van der Waals surface area contributed by atoms with Gasteiger partial charge >= 0.3 is 0 Å². The Morgan fingerprint density at radius 1 is 1.17 bits per heavy atom. The minimum Gasteiger partial charge on any atom is -0.491 e. The Morgan fingerprint density at radius 3 is 2.60 bits per heavy atom. The molecule has 0 radical (unpaired) electrons. The van der Waals surface area contributed by atoms with Gasteiger partial charge in [-0.05, 0) is 36.2 Å². The summed E-state index contributed by atoms with van der Waals surface area (Å²) in [5.74, 6) is -0.222. The van der Waals surface area contributed by atoms with Gasteiger partial charge in [-0.1, -0.05) is 19.1 Å². The van der Waals surface area contributed by atoms with Gasteiger partial charge in [0.25, 0.3) is 5.91 Å². The molecule has 6 nitrogen and oxygen atoms in total. The van der Waals surface area contributed by atoms with E-state index in [0.717, 1.165) is 6.42 Å². The molecule has 0 unspecified atom stereocenters. The number of fused-ring (bicyclic) bond motifs is 1. The maximum Gasteiger partial charge on any atom is 0.254 e. The number of morpholine rings is 1. The highest BCUT2D eigenvalue weighted by Crippen LogP contribution is 2.27. The number of carbonyl (C=O) groups excluding carboxylic acids is 1. The highest BCUT2D eigenvalue weighted by atomic mass is 19.1. The van der Waals surface area contributed by atoms with Gasteiger partial charge in [0, 0.05) is 30.4 Å². The Labute approximate surface area is 173 Å². The van der Waals surface area contributed by atoms with E-state index in [0.29, 0.717) is 60.9 Å². The Morgan fingerprint density at radius 2 is 1.90 bits per heavy atom. The summed E-state index contributed by atoms with van der Waals surface area (Å²) in [6, 6.07) is 9.56. The normalized spacial score (nSPS) is 14.1. The van der Waals surface area contributed by atoms with Crippen LogP contribution in [0.4, 0.5) is 4.39 Å². The van der Waals surface area contributed by atoms with Gasteiger partial charge in [0.05, 0.1) is 30.7 Å². The molecule has 7 heteroatoms. The lowest BCUT2D eigenvalue weighted by molar-refractivity contribution is 0.0303. The number of aromatic amines is 1. The van der Waals surface area contributed by atoms with Crippen molar-refractivity contribution in [3.63, 3.8) is 0 Å². The molecular weight excluding hydrogens is 387 g/mol. The molecule has 1 fully saturated rings. The van der Waals surface area contributed by atoms with Crippen LogP contribution >= 0.6 is 0 Å². The first-order valence-electron chi connectivity index (χ1n) is 10.0. The lowest BCUT2D eigenvalue weighted by Gasteiger charge is -2.26. The summed E-state index contributed by atoms with van der Waals surface area (Å²) in [7, 11) is 0. The zero-order valence-electron chi connectivity index (χ0n) is 16.7. The van der Waals surface area contributed by atoms with E-state index < -0.39 is 11.2 Å². The fraction of sp³-hybridized carbons (Fsp3) is 0.304. The van der Waals surface area contributed by atoms with Gasteiger partial charge in [0.2, 0.25) is 0 Å². The summed E-state index contributed by atoms with van der Waals surface area (Å²) in [6.07, 6.45) is 2.36. The van der Waals surface area contributed by atoms with Gasteiger partial charge in [0.1, 0.15) is 11.6 Å². The van der Waals surface area contributed by atoms with Crippen LogP contribution in [0.3, 0.4) is 0 Å². The van der Waals surface area contributed by atoms with Crippen molar-refractivity contribution >= 4 is 16.8 Å². The third-order valence-corrected chi connectivity index (χ3v) is 5.15. The lowest BCUT2D eigenvalue weighted by Crippen LogP contribution is -2.40. The van der Waals surface area contributed by atoms with Crippen LogP contribution in [0.2, 0.25) is 0 Å². The zero-order valence-corrected chi connectivity index (χ0v) is 16.7. The molecule has 1 saturated heterocycles. The summed E-state index contributed by atoms with van der Waals surface area (Å²) in [6.45, 7) is 4.64. The van der Waals surface area contributed by atoms with E-state index in [1.807, 2.05) is 6.92 Å². The second-order valence-electron chi connectivity index (χ2n) is 7.16. The van der Waals surface area contributed by atoms with E-state index in [2.05, 4.69) is 4.98 Å². The van der Waals surface area contributed by atoms with Crippen molar-refractivity contribution in [2.45, 2.75) is 13.3 Å². The van der Waals surface area contributed by atoms with Gasteiger partial charge in [-0.3, -0.25) is 9.59 Å². The van der Waals surface area contributed by atoms with Crippen molar-refractivity contribution in [1.82, 2.24) is 9.88 Å². The smallest absolute Gasteiger partial charge is 0.254 e. The van der Waals surface area contributed by atoms with Crippen LogP contribution in [0.1, 0.15) is 23.7 Å². The molecule has 0 spiro atoms. The molecule has 1 N–H and O–H groups in total. The number of halogens is 1. The number of H-pyrrole nitrogens is 1. The molecule has 156 valence electrons. The Hall–Kier alpha value is -3.19. The largest absolute Gasteiger partial charge is 0.491 e. The van der Waals surface area contributed by atoms with Gasteiger partial charge in [-0.25, -0.2) is 4.39 Å². The van der Waals surface area contributed by atoms with Crippen LogP contribution in [-0.2, 0) is 4.74 Å². The molecule has 1 aliphatic heterocycles. The van der Waals surface area contributed by atoms with Gasteiger partial charge in [-0.2, -0.15) is 0 Å². The van der Waals surface area contributed by atoms with Crippen LogP contribution in [0, 0.1) is 5.82 Å². The quantitative estimate of drug-likeness (QED) is 0.698. The first kappa shape index (κ1) is 20.1. The van der Waals surface area contributed by atoms with Crippen molar-refractivity contribution in [2.24, 2.45) is 0 Å².